The minimum absolute atomic E-state index is 0.369. The normalized spacial score (nSPS) is 37.9. The lowest BCUT2D eigenvalue weighted by molar-refractivity contribution is -0.138. The standard InChI is InChI=1S/C14H24N2O2/c17-14(18)9-11-1-7-16(8-2-11)13-10-15-5-3-12(13)4-6-15/h11-13H,1-10H2,(H,17,18). The molecule has 4 heterocycles. The summed E-state index contributed by atoms with van der Waals surface area (Å²) in [6.07, 6.45) is 5.28. The lowest BCUT2D eigenvalue weighted by Gasteiger charge is -2.50. The summed E-state index contributed by atoms with van der Waals surface area (Å²) in [6, 6.07) is 0.762. The molecule has 0 aromatic heterocycles. The maximum absolute atomic E-state index is 10.7. The zero-order valence-electron chi connectivity index (χ0n) is 11.1. The number of piperidine rings is 4. The number of hydrogen-bond donors (Lipinski definition) is 1. The number of aliphatic carboxylic acids is 1. The van der Waals surface area contributed by atoms with E-state index in [4.69, 9.17) is 5.11 Å². The monoisotopic (exact) mass is 252 g/mol. The highest BCUT2D eigenvalue weighted by molar-refractivity contribution is 5.67. The number of fused-ring (bicyclic) bond motifs is 3. The Bertz CT molecular complexity index is 305. The van der Waals surface area contributed by atoms with Crippen LogP contribution >= 0.6 is 0 Å². The van der Waals surface area contributed by atoms with Gasteiger partial charge < -0.3 is 10.0 Å². The van der Waals surface area contributed by atoms with E-state index in [2.05, 4.69) is 9.80 Å². The van der Waals surface area contributed by atoms with Crippen molar-refractivity contribution in [3.63, 3.8) is 0 Å². The lowest BCUT2D eigenvalue weighted by Crippen LogP contribution is -2.58. The van der Waals surface area contributed by atoms with Crippen LogP contribution in [0, 0.1) is 11.8 Å². The zero-order valence-corrected chi connectivity index (χ0v) is 11.1. The molecule has 4 nitrogen and oxygen atoms in total. The van der Waals surface area contributed by atoms with Crippen LogP contribution in [0.2, 0.25) is 0 Å². The van der Waals surface area contributed by atoms with Crippen molar-refractivity contribution in [2.45, 2.75) is 38.1 Å². The molecule has 1 unspecified atom stereocenters. The fraction of sp³-hybridized carbons (Fsp3) is 0.929. The van der Waals surface area contributed by atoms with E-state index in [0.29, 0.717) is 12.3 Å². The van der Waals surface area contributed by atoms with Gasteiger partial charge in [0.1, 0.15) is 0 Å². The number of likely N-dealkylation sites (tertiary alicyclic amines) is 1. The van der Waals surface area contributed by atoms with E-state index in [1.54, 1.807) is 0 Å². The van der Waals surface area contributed by atoms with E-state index in [9.17, 15) is 4.79 Å². The quantitative estimate of drug-likeness (QED) is 0.821. The number of rotatable bonds is 3. The molecule has 0 aliphatic carbocycles. The molecular formula is C14H24N2O2. The van der Waals surface area contributed by atoms with Crippen molar-refractivity contribution in [1.82, 2.24) is 9.80 Å². The van der Waals surface area contributed by atoms with Crippen LogP contribution in [0.1, 0.15) is 32.1 Å². The largest absolute Gasteiger partial charge is 0.481 e. The van der Waals surface area contributed by atoms with Crippen LogP contribution in [0.4, 0.5) is 0 Å². The molecule has 4 saturated heterocycles. The minimum atomic E-state index is -0.628. The summed E-state index contributed by atoms with van der Waals surface area (Å²) in [5, 5.41) is 8.85. The Morgan fingerprint density at radius 1 is 1.06 bits per heavy atom. The van der Waals surface area contributed by atoms with Gasteiger partial charge in [-0.15, -0.1) is 0 Å². The Morgan fingerprint density at radius 2 is 1.72 bits per heavy atom. The molecule has 4 heteroatoms. The van der Waals surface area contributed by atoms with Crippen LogP contribution in [-0.4, -0.2) is 59.6 Å². The summed E-state index contributed by atoms with van der Waals surface area (Å²) in [4.78, 5) is 16.0. The van der Waals surface area contributed by atoms with Gasteiger partial charge in [0.25, 0.3) is 0 Å². The molecule has 4 aliphatic rings. The fourth-order valence-corrected chi connectivity index (χ4v) is 4.08. The molecule has 4 rings (SSSR count). The second-order valence-electron chi connectivity index (χ2n) is 6.28. The van der Waals surface area contributed by atoms with Gasteiger partial charge in [-0.2, -0.15) is 0 Å². The topological polar surface area (TPSA) is 43.8 Å². The van der Waals surface area contributed by atoms with Gasteiger partial charge in [-0.3, -0.25) is 9.69 Å². The van der Waals surface area contributed by atoms with E-state index in [0.717, 1.165) is 37.9 Å². The smallest absolute Gasteiger partial charge is 0.303 e. The van der Waals surface area contributed by atoms with Crippen molar-refractivity contribution in [3.8, 4) is 0 Å². The molecule has 2 bridgehead atoms. The third-order valence-corrected chi connectivity index (χ3v) is 5.20. The number of carbonyl (C=O) groups is 1. The van der Waals surface area contributed by atoms with E-state index in [1.165, 1.54) is 32.5 Å². The van der Waals surface area contributed by atoms with Gasteiger partial charge in [0.15, 0.2) is 0 Å². The van der Waals surface area contributed by atoms with Gasteiger partial charge in [-0.05, 0) is 63.7 Å². The molecule has 1 atom stereocenters. The van der Waals surface area contributed by atoms with Crippen LogP contribution in [0.3, 0.4) is 0 Å². The Kier molecular flexibility index (Phi) is 3.57. The second-order valence-corrected chi connectivity index (χ2v) is 6.28. The predicted molar refractivity (Wildman–Crippen MR) is 69.5 cm³/mol. The summed E-state index contributed by atoms with van der Waals surface area (Å²) >= 11 is 0. The molecule has 4 aliphatic heterocycles. The van der Waals surface area contributed by atoms with Crippen LogP contribution in [0.25, 0.3) is 0 Å². The molecule has 18 heavy (non-hydrogen) atoms. The molecule has 102 valence electrons. The molecule has 1 N–H and O–H groups in total. The number of nitrogens with zero attached hydrogens (tertiary/aromatic N) is 2. The molecule has 0 radical (unpaired) electrons. The highest BCUT2D eigenvalue weighted by atomic mass is 16.4. The maximum atomic E-state index is 10.7. The Hall–Kier alpha value is -0.610. The Labute approximate surface area is 109 Å². The molecule has 4 fully saturated rings. The van der Waals surface area contributed by atoms with Gasteiger partial charge in [0.05, 0.1) is 0 Å². The Morgan fingerprint density at radius 3 is 2.22 bits per heavy atom. The number of hydrogen-bond acceptors (Lipinski definition) is 3. The lowest BCUT2D eigenvalue weighted by atomic mass is 9.81. The van der Waals surface area contributed by atoms with E-state index in [-0.39, 0.29) is 0 Å². The predicted octanol–water partition coefficient (Wildman–Crippen LogP) is 1.27. The third-order valence-electron chi connectivity index (χ3n) is 5.20. The van der Waals surface area contributed by atoms with Crippen LogP contribution in [0.15, 0.2) is 0 Å². The number of carboxylic acids is 1. The zero-order chi connectivity index (χ0) is 12.5. The average Bonchev–Trinajstić information content (AvgIpc) is 2.40. The van der Waals surface area contributed by atoms with Crippen molar-refractivity contribution < 1.29 is 9.90 Å². The van der Waals surface area contributed by atoms with E-state index < -0.39 is 5.97 Å². The first-order valence-corrected chi connectivity index (χ1v) is 7.40. The molecular weight excluding hydrogens is 228 g/mol. The highest BCUT2D eigenvalue weighted by Crippen LogP contribution is 2.33. The first-order valence-electron chi connectivity index (χ1n) is 7.40. The third kappa shape index (κ3) is 2.54. The van der Waals surface area contributed by atoms with Gasteiger partial charge in [0, 0.05) is 19.0 Å². The van der Waals surface area contributed by atoms with Crippen LogP contribution < -0.4 is 0 Å². The summed E-state index contributed by atoms with van der Waals surface area (Å²) in [5.41, 5.74) is 0. The molecule has 0 amide bonds. The highest BCUT2D eigenvalue weighted by Gasteiger charge is 2.38. The number of carboxylic acid groups (broad SMARTS) is 1. The Balaban J connectivity index is 1.52. The van der Waals surface area contributed by atoms with Crippen LogP contribution in [-0.2, 0) is 4.79 Å². The van der Waals surface area contributed by atoms with Crippen molar-refractivity contribution in [1.29, 1.82) is 0 Å². The van der Waals surface area contributed by atoms with E-state index in [1.807, 2.05) is 0 Å². The first kappa shape index (κ1) is 12.4. The van der Waals surface area contributed by atoms with Gasteiger partial charge in [0.2, 0.25) is 0 Å². The van der Waals surface area contributed by atoms with E-state index >= 15 is 0 Å². The van der Waals surface area contributed by atoms with Crippen molar-refractivity contribution >= 4 is 5.97 Å². The summed E-state index contributed by atoms with van der Waals surface area (Å²) < 4.78 is 0. The average molecular weight is 252 g/mol. The first-order chi connectivity index (χ1) is 8.72. The second kappa shape index (κ2) is 5.17. The van der Waals surface area contributed by atoms with Gasteiger partial charge in [-0.1, -0.05) is 0 Å². The molecule has 0 aromatic carbocycles. The van der Waals surface area contributed by atoms with Crippen molar-refractivity contribution in [2.24, 2.45) is 11.8 Å². The summed E-state index contributed by atoms with van der Waals surface area (Å²) in [6.45, 7) is 6.10. The fourth-order valence-electron chi connectivity index (χ4n) is 4.08. The molecule has 0 spiro atoms. The summed E-state index contributed by atoms with van der Waals surface area (Å²) in [5.74, 6) is 0.696. The minimum Gasteiger partial charge on any atom is -0.481 e. The van der Waals surface area contributed by atoms with Gasteiger partial charge in [-0.25, -0.2) is 0 Å². The van der Waals surface area contributed by atoms with Crippen molar-refractivity contribution in [2.75, 3.05) is 32.7 Å². The molecule has 0 aromatic rings. The van der Waals surface area contributed by atoms with Gasteiger partial charge >= 0.3 is 5.97 Å². The summed E-state index contributed by atoms with van der Waals surface area (Å²) in [7, 11) is 0. The van der Waals surface area contributed by atoms with Crippen LogP contribution in [0.5, 0.6) is 0 Å². The maximum Gasteiger partial charge on any atom is 0.303 e. The van der Waals surface area contributed by atoms with Crippen molar-refractivity contribution in [3.05, 3.63) is 0 Å². The SMILES string of the molecule is O=C(O)CC1CCN(C2CN3CCC2CC3)CC1. The molecule has 0 saturated carbocycles.